The van der Waals surface area contributed by atoms with Gasteiger partial charge in [-0.15, -0.1) is 0 Å². The lowest BCUT2D eigenvalue weighted by Gasteiger charge is -2.37. The quantitative estimate of drug-likeness (QED) is 0.485. The zero-order chi connectivity index (χ0) is 12.0. The van der Waals surface area contributed by atoms with Crippen molar-refractivity contribution in [3.63, 3.8) is 0 Å². The largest absolute Gasteiger partial charge is 0.542 e. The van der Waals surface area contributed by atoms with Gasteiger partial charge in [0.05, 0.1) is 19.0 Å². The Balaban J connectivity index is 2.65. The van der Waals surface area contributed by atoms with Gasteiger partial charge in [-0.2, -0.15) is 0 Å². The lowest BCUT2D eigenvalue weighted by atomic mass is 10.3. The summed E-state index contributed by atoms with van der Waals surface area (Å²) < 4.78 is 10.6. The van der Waals surface area contributed by atoms with Crippen LogP contribution in [-0.2, 0) is 29.0 Å². The minimum atomic E-state index is -2.30. The molecule has 0 unspecified atom stereocenters. The highest BCUT2D eigenvalue weighted by Gasteiger charge is 2.12. The van der Waals surface area contributed by atoms with Crippen molar-refractivity contribution in [2.45, 2.75) is 6.42 Å². The van der Waals surface area contributed by atoms with E-state index in [1.165, 1.54) is 0 Å². The van der Waals surface area contributed by atoms with Crippen LogP contribution in [0.5, 0.6) is 5.75 Å². The summed E-state index contributed by atoms with van der Waals surface area (Å²) in [5.41, 5.74) is 5.38. The van der Waals surface area contributed by atoms with E-state index in [-0.39, 0.29) is 0 Å². The summed E-state index contributed by atoms with van der Waals surface area (Å²) in [4.78, 5) is 0. The summed E-state index contributed by atoms with van der Waals surface area (Å²) in [6.07, 6.45) is 0.783. The maximum absolute atomic E-state index is 5.55. The molecule has 0 aromatic heterocycles. The fourth-order valence-corrected chi connectivity index (χ4v) is 3.32. The molecule has 0 fully saturated rings. The Kier molecular flexibility index (Phi) is 5.94. The molecule has 0 saturated carbocycles. The summed E-state index contributed by atoms with van der Waals surface area (Å²) in [6.45, 7) is 1.12. The highest BCUT2D eigenvalue weighted by Crippen LogP contribution is 2.54. The number of hydrogen-bond acceptors (Lipinski definition) is 5. The zero-order valence-electron chi connectivity index (χ0n) is 9.09. The Labute approximate surface area is 107 Å². The van der Waals surface area contributed by atoms with E-state index in [4.69, 9.17) is 39.5 Å². The molecule has 1 rings (SSSR count). The van der Waals surface area contributed by atoms with E-state index in [2.05, 4.69) is 0 Å². The fourth-order valence-electron chi connectivity index (χ4n) is 1.11. The summed E-state index contributed by atoms with van der Waals surface area (Å²) >= 11 is 10.6. The molecule has 90 valence electrons. The molecule has 6 heteroatoms. The molecule has 0 saturated heterocycles. The third kappa shape index (κ3) is 4.15. The Hall–Kier alpha value is 0.0700. The second kappa shape index (κ2) is 6.72. The van der Waals surface area contributed by atoms with Crippen molar-refractivity contribution in [3.8, 4) is 5.75 Å². The first-order valence-corrected chi connectivity index (χ1v) is 8.64. The van der Waals surface area contributed by atoms with Crippen molar-refractivity contribution in [2.24, 2.45) is 5.73 Å². The highest BCUT2D eigenvalue weighted by atomic mass is 33.1. The van der Waals surface area contributed by atoms with Gasteiger partial charge in [-0.1, -0.05) is 5.89 Å². The summed E-state index contributed by atoms with van der Waals surface area (Å²) in [5.74, 6) is -1.51. The van der Waals surface area contributed by atoms with Crippen molar-refractivity contribution in [3.05, 3.63) is 24.3 Å². The number of benzene rings is 1. The van der Waals surface area contributed by atoms with Gasteiger partial charge in [-0.25, -0.2) is 0 Å². The van der Waals surface area contributed by atoms with Gasteiger partial charge < -0.3 is 35.0 Å². The predicted molar refractivity (Wildman–Crippen MR) is 73.9 cm³/mol. The first kappa shape index (κ1) is 14.1. The van der Waals surface area contributed by atoms with Gasteiger partial charge in [-0.05, 0) is 37.2 Å². The Bertz CT molecular complexity index is 319. The molecule has 0 amide bonds. The Morgan fingerprint density at radius 2 is 1.88 bits per heavy atom. The molecule has 0 aliphatic carbocycles. The topological polar surface area (TPSA) is 44.5 Å². The summed E-state index contributed by atoms with van der Waals surface area (Å²) in [6, 6.07) is 7.42. The number of methoxy groups -OCH3 is 1. The standard InChI is InChI=1S/C10H16NO2PS2/c1-12-9-3-5-10(6-4-9)14(15,16)13-8-2-7-11/h3-6H,2,7-8,11H2,1H3,(H,15,16)/p-1. The average molecular weight is 276 g/mol. The summed E-state index contributed by atoms with van der Waals surface area (Å²) in [7, 11) is 1.62. The van der Waals surface area contributed by atoms with Crippen LogP contribution in [0.15, 0.2) is 24.3 Å². The van der Waals surface area contributed by atoms with Gasteiger partial charge in [-0.3, -0.25) is 4.52 Å². The van der Waals surface area contributed by atoms with Gasteiger partial charge >= 0.3 is 0 Å². The second-order valence-electron chi connectivity index (χ2n) is 3.17. The van der Waals surface area contributed by atoms with Gasteiger partial charge in [0.25, 0.3) is 0 Å². The molecular formula is C10H15NO2PS2-. The van der Waals surface area contributed by atoms with Crippen molar-refractivity contribution >= 4 is 35.7 Å². The Morgan fingerprint density at radius 3 is 2.38 bits per heavy atom. The maximum atomic E-state index is 5.55. The van der Waals surface area contributed by atoms with Crippen LogP contribution in [-0.4, -0.2) is 20.3 Å². The number of ether oxygens (including phenoxy) is 1. The van der Waals surface area contributed by atoms with Crippen molar-refractivity contribution < 1.29 is 9.26 Å². The molecule has 2 N–H and O–H groups in total. The predicted octanol–water partition coefficient (Wildman–Crippen LogP) is 1.54. The van der Waals surface area contributed by atoms with Crippen LogP contribution in [0.2, 0.25) is 0 Å². The maximum Gasteiger partial charge on any atom is 0.119 e. The smallest absolute Gasteiger partial charge is 0.119 e. The molecule has 0 aliphatic rings. The SMILES string of the molecule is COc1ccc([P+]([S-])([S-])OCCCN)cc1. The molecule has 0 atom stereocenters. The molecule has 0 heterocycles. The van der Waals surface area contributed by atoms with E-state index in [0.717, 1.165) is 17.5 Å². The fraction of sp³-hybridized carbons (Fsp3) is 0.400. The molecule has 1 aromatic rings. The monoisotopic (exact) mass is 276 g/mol. The lowest BCUT2D eigenvalue weighted by molar-refractivity contribution is 0.356. The Morgan fingerprint density at radius 1 is 1.25 bits per heavy atom. The van der Waals surface area contributed by atoms with Crippen molar-refractivity contribution in [1.29, 1.82) is 0 Å². The van der Waals surface area contributed by atoms with Crippen molar-refractivity contribution in [2.75, 3.05) is 20.3 Å². The molecule has 16 heavy (non-hydrogen) atoms. The van der Waals surface area contributed by atoms with Crippen LogP contribution < -0.4 is 15.8 Å². The molecule has 3 nitrogen and oxygen atoms in total. The van der Waals surface area contributed by atoms with E-state index < -0.39 is 5.89 Å². The second-order valence-corrected chi connectivity index (χ2v) is 8.72. The highest BCUT2D eigenvalue weighted by molar-refractivity contribution is 8.74. The van der Waals surface area contributed by atoms with Gasteiger partial charge in [0.15, 0.2) is 0 Å². The van der Waals surface area contributed by atoms with Crippen LogP contribution >= 0.6 is 5.89 Å². The number of hydrogen-bond donors (Lipinski definition) is 1. The van der Waals surface area contributed by atoms with Crippen LogP contribution in [0, 0.1) is 0 Å². The van der Waals surface area contributed by atoms with Crippen molar-refractivity contribution in [1.82, 2.24) is 0 Å². The minimum Gasteiger partial charge on any atom is -0.542 e. The third-order valence-corrected chi connectivity index (χ3v) is 5.35. The third-order valence-electron chi connectivity index (χ3n) is 2.00. The number of rotatable bonds is 6. The molecule has 1 aromatic carbocycles. The van der Waals surface area contributed by atoms with Gasteiger partial charge in [0.1, 0.15) is 5.75 Å². The average Bonchev–Trinajstić information content (AvgIpc) is 2.29. The van der Waals surface area contributed by atoms with E-state index in [1.54, 1.807) is 7.11 Å². The normalized spacial score (nSPS) is 11.5. The van der Waals surface area contributed by atoms with E-state index in [0.29, 0.717) is 13.2 Å². The van der Waals surface area contributed by atoms with E-state index in [1.807, 2.05) is 24.3 Å². The van der Waals surface area contributed by atoms with Gasteiger partial charge in [0, 0.05) is 0 Å². The summed E-state index contributed by atoms with van der Waals surface area (Å²) in [5, 5.41) is 0.885. The first-order valence-electron chi connectivity index (χ1n) is 4.90. The zero-order valence-corrected chi connectivity index (χ0v) is 11.6. The van der Waals surface area contributed by atoms with Crippen LogP contribution in [0.25, 0.3) is 0 Å². The first-order chi connectivity index (χ1) is 7.60. The van der Waals surface area contributed by atoms with E-state index >= 15 is 0 Å². The van der Waals surface area contributed by atoms with Crippen LogP contribution in [0.1, 0.15) is 6.42 Å². The molecule has 0 aliphatic heterocycles. The van der Waals surface area contributed by atoms with Crippen LogP contribution in [0.4, 0.5) is 0 Å². The molecular weight excluding hydrogens is 261 g/mol. The minimum absolute atomic E-state index is 0.531. The van der Waals surface area contributed by atoms with Crippen LogP contribution in [0.3, 0.4) is 0 Å². The molecule has 0 bridgehead atoms. The number of nitrogens with two attached hydrogens (primary N) is 1. The molecule has 0 radical (unpaired) electrons. The molecule has 0 spiro atoms. The van der Waals surface area contributed by atoms with E-state index in [9.17, 15) is 0 Å². The van der Waals surface area contributed by atoms with Gasteiger partial charge in [0.2, 0.25) is 0 Å². The lowest BCUT2D eigenvalue weighted by Crippen LogP contribution is -2.12.